The van der Waals surface area contributed by atoms with Crippen LogP contribution in [0.25, 0.3) is 0 Å². The van der Waals surface area contributed by atoms with Gasteiger partial charge in [0, 0.05) is 12.1 Å². The summed E-state index contributed by atoms with van der Waals surface area (Å²) in [4.78, 5) is -0.127. The second-order valence-corrected chi connectivity index (χ2v) is 6.22. The van der Waals surface area contributed by atoms with E-state index in [1.54, 1.807) is 0 Å². The van der Waals surface area contributed by atoms with Gasteiger partial charge in [-0.1, -0.05) is 11.6 Å². The van der Waals surface area contributed by atoms with Crippen LogP contribution in [0.2, 0.25) is 5.02 Å². The minimum absolute atomic E-state index is 0.127. The molecular formula is C10H11ClF2N2O3S. The minimum atomic E-state index is -3.76. The fraction of sp³-hybridized carbons (Fsp3) is 0.400. The first-order valence-corrected chi connectivity index (χ1v) is 7.18. The molecule has 1 aliphatic rings. The smallest absolute Gasteiger partial charge is 0.387 e. The summed E-state index contributed by atoms with van der Waals surface area (Å²) in [7, 11) is -3.76. The van der Waals surface area contributed by atoms with Gasteiger partial charge in [-0.3, -0.25) is 0 Å². The molecule has 106 valence electrons. The number of nitrogens with one attached hydrogen (secondary N) is 1. The van der Waals surface area contributed by atoms with Crippen LogP contribution >= 0.6 is 11.6 Å². The number of sulfonamides is 1. The average molecular weight is 313 g/mol. The maximum atomic E-state index is 12.0. The summed E-state index contributed by atoms with van der Waals surface area (Å²) in [5.41, 5.74) is 5.50. The van der Waals surface area contributed by atoms with Crippen molar-refractivity contribution >= 4 is 21.6 Å². The molecule has 2 atom stereocenters. The third-order valence-corrected chi connectivity index (χ3v) is 4.36. The van der Waals surface area contributed by atoms with Crippen LogP contribution in [0.5, 0.6) is 5.75 Å². The van der Waals surface area contributed by atoms with Crippen LogP contribution in [0.15, 0.2) is 23.1 Å². The van der Waals surface area contributed by atoms with Crippen LogP contribution in [0.3, 0.4) is 0 Å². The molecule has 1 fully saturated rings. The number of rotatable bonds is 5. The Bertz CT molecular complexity index is 582. The van der Waals surface area contributed by atoms with Crippen molar-refractivity contribution in [3.63, 3.8) is 0 Å². The minimum Gasteiger partial charge on any atom is -0.433 e. The van der Waals surface area contributed by atoms with Crippen molar-refractivity contribution in [2.24, 2.45) is 5.73 Å². The molecule has 1 aliphatic carbocycles. The molecule has 3 N–H and O–H groups in total. The molecule has 0 heterocycles. The van der Waals surface area contributed by atoms with Crippen molar-refractivity contribution in [1.29, 1.82) is 0 Å². The highest BCUT2D eigenvalue weighted by Crippen LogP contribution is 2.29. The Kier molecular flexibility index (Phi) is 3.95. The third kappa shape index (κ3) is 3.53. The van der Waals surface area contributed by atoms with Gasteiger partial charge in [-0.05, 0) is 24.6 Å². The van der Waals surface area contributed by atoms with Crippen molar-refractivity contribution < 1.29 is 21.9 Å². The molecule has 9 heteroatoms. The fourth-order valence-corrected chi connectivity index (χ4v) is 3.07. The van der Waals surface area contributed by atoms with Gasteiger partial charge in [0.25, 0.3) is 0 Å². The first kappa shape index (κ1) is 14.4. The van der Waals surface area contributed by atoms with E-state index in [2.05, 4.69) is 9.46 Å². The molecule has 0 aliphatic heterocycles. The molecule has 1 aromatic carbocycles. The van der Waals surface area contributed by atoms with Gasteiger partial charge in [0.1, 0.15) is 5.75 Å². The molecule has 0 saturated heterocycles. The van der Waals surface area contributed by atoms with Gasteiger partial charge in [-0.15, -0.1) is 0 Å². The van der Waals surface area contributed by atoms with Gasteiger partial charge < -0.3 is 10.5 Å². The number of ether oxygens (including phenoxy) is 1. The summed E-state index contributed by atoms with van der Waals surface area (Å²) in [5, 5.41) is -0.205. The Balaban J connectivity index is 2.19. The predicted molar refractivity (Wildman–Crippen MR) is 64.8 cm³/mol. The molecule has 0 amide bonds. The van der Waals surface area contributed by atoms with Crippen LogP contribution in [-0.2, 0) is 10.0 Å². The van der Waals surface area contributed by atoms with Gasteiger partial charge in [0.15, 0.2) is 0 Å². The highest BCUT2D eigenvalue weighted by Gasteiger charge is 2.37. The van der Waals surface area contributed by atoms with Gasteiger partial charge in [0.2, 0.25) is 10.0 Å². The molecule has 1 saturated carbocycles. The zero-order chi connectivity index (χ0) is 14.2. The summed E-state index contributed by atoms with van der Waals surface area (Å²) in [6.07, 6.45) is 0.569. The second-order valence-electron chi connectivity index (χ2n) is 4.10. The molecular weight excluding hydrogens is 302 g/mol. The van der Waals surface area contributed by atoms with Crippen molar-refractivity contribution in [2.45, 2.75) is 30.0 Å². The molecule has 2 rings (SSSR count). The zero-order valence-electron chi connectivity index (χ0n) is 9.52. The lowest BCUT2D eigenvalue weighted by atomic mass is 10.3. The molecule has 5 nitrogen and oxygen atoms in total. The van der Waals surface area contributed by atoms with Crippen molar-refractivity contribution in [2.75, 3.05) is 0 Å². The molecule has 2 unspecified atom stereocenters. The van der Waals surface area contributed by atoms with E-state index in [-0.39, 0.29) is 27.8 Å². The summed E-state index contributed by atoms with van der Waals surface area (Å²) < 4.78 is 54.4. The van der Waals surface area contributed by atoms with E-state index >= 15 is 0 Å². The van der Waals surface area contributed by atoms with Crippen molar-refractivity contribution in [3.05, 3.63) is 23.2 Å². The zero-order valence-corrected chi connectivity index (χ0v) is 11.1. The third-order valence-electron chi connectivity index (χ3n) is 2.58. The van der Waals surface area contributed by atoms with Crippen molar-refractivity contribution in [3.8, 4) is 5.75 Å². The number of benzene rings is 1. The Labute approximate surface area is 113 Å². The van der Waals surface area contributed by atoms with E-state index in [0.717, 1.165) is 18.2 Å². The lowest BCUT2D eigenvalue weighted by molar-refractivity contribution is -0.0498. The number of nitrogens with two attached hydrogens (primary N) is 1. The van der Waals surface area contributed by atoms with E-state index in [1.165, 1.54) is 0 Å². The van der Waals surface area contributed by atoms with Crippen LogP contribution < -0.4 is 15.2 Å². The molecule has 19 heavy (non-hydrogen) atoms. The van der Waals surface area contributed by atoms with Crippen LogP contribution in [0.4, 0.5) is 8.78 Å². The fourth-order valence-electron chi connectivity index (χ4n) is 1.46. The maximum Gasteiger partial charge on any atom is 0.387 e. The normalized spacial score (nSPS) is 22.6. The van der Waals surface area contributed by atoms with Gasteiger partial charge >= 0.3 is 6.61 Å². The summed E-state index contributed by atoms with van der Waals surface area (Å²) in [6.45, 7) is -3.03. The predicted octanol–water partition coefficient (Wildman–Crippen LogP) is 1.32. The lowest BCUT2D eigenvalue weighted by Crippen LogP contribution is -2.29. The second kappa shape index (κ2) is 5.20. The van der Waals surface area contributed by atoms with Gasteiger partial charge in [0.05, 0.1) is 9.92 Å². The van der Waals surface area contributed by atoms with E-state index in [4.69, 9.17) is 17.3 Å². The summed E-state index contributed by atoms with van der Waals surface area (Å²) in [6, 6.07) is 2.79. The molecule has 0 bridgehead atoms. The standard InChI is InChI=1S/C10H11ClF2N2O3S/c11-6-3-5(1-2-9(6)18-10(12)13)19(16,17)15-8-4-7(8)14/h1-3,7-8,10,15H,4,14H2. The molecule has 1 aromatic rings. The van der Waals surface area contributed by atoms with Gasteiger partial charge in [-0.2, -0.15) is 8.78 Å². The molecule has 0 aromatic heterocycles. The SMILES string of the molecule is NC1CC1NS(=O)(=O)c1ccc(OC(F)F)c(Cl)c1. The first-order chi connectivity index (χ1) is 8.79. The quantitative estimate of drug-likeness (QED) is 0.859. The average Bonchev–Trinajstić information content (AvgIpc) is 2.95. The Morgan fingerprint density at radius 1 is 1.47 bits per heavy atom. The van der Waals surface area contributed by atoms with Crippen LogP contribution in [0.1, 0.15) is 6.42 Å². The number of hydrogen-bond donors (Lipinski definition) is 2. The monoisotopic (exact) mass is 312 g/mol. The van der Waals surface area contributed by atoms with E-state index in [1.807, 2.05) is 0 Å². The summed E-state index contributed by atoms with van der Waals surface area (Å²) in [5.74, 6) is -0.279. The number of hydrogen-bond acceptors (Lipinski definition) is 4. The van der Waals surface area contributed by atoms with Crippen LogP contribution in [-0.4, -0.2) is 27.1 Å². The Morgan fingerprint density at radius 2 is 2.11 bits per heavy atom. The van der Waals surface area contributed by atoms with Gasteiger partial charge in [-0.25, -0.2) is 13.1 Å². The van der Waals surface area contributed by atoms with Crippen molar-refractivity contribution in [1.82, 2.24) is 4.72 Å². The largest absolute Gasteiger partial charge is 0.433 e. The molecule has 0 spiro atoms. The lowest BCUT2D eigenvalue weighted by Gasteiger charge is -2.09. The first-order valence-electron chi connectivity index (χ1n) is 5.32. The Morgan fingerprint density at radius 3 is 2.58 bits per heavy atom. The number of halogens is 3. The van der Waals surface area contributed by atoms with E-state index in [0.29, 0.717) is 6.42 Å². The van der Waals surface area contributed by atoms with E-state index < -0.39 is 16.6 Å². The maximum absolute atomic E-state index is 12.0. The topological polar surface area (TPSA) is 81.4 Å². The van der Waals surface area contributed by atoms with Crippen LogP contribution in [0, 0.1) is 0 Å². The Hall–Kier alpha value is -0.960. The highest BCUT2D eigenvalue weighted by atomic mass is 35.5. The van der Waals surface area contributed by atoms with E-state index in [9.17, 15) is 17.2 Å². The summed E-state index contributed by atoms with van der Waals surface area (Å²) >= 11 is 5.69. The molecule has 0 radical (unpaired) electrons. The number of alkyl halides is 2. The highest BCUT2D eigenvalue weighted by molar-refractivity contribution is 7.89.